The molecule has 3 nitrogen and oxygen atoms in total. The number of carbonyl (C=O) groups excluding carboxylic acids is 1. The third kappa shape index (κ3) is 3.28. The molecule has 1 aromatic carbocycles. The molecule has 1 aliphatic heterocycles. The molecule has 1 N–H and O–H groups in total. The van der Waals surface area contributed by atoms with E-state index in [0.29, 0.717) is 22.5 Å². The first kappa shape index (κ1) is 14.4. The highest BCUT2D eigenvalue weighted by Gasteiger charge is 2.30. The average molecular weight is 281 g/mol. The van der Waals surface area contributed by atoms with Crippen LogP contribution in [-0.2, 0) is 0 Å². The van der Waals surface area contributed by atoms with E-state index in [1.54, 1.807) is 12.1 Å². The molecular formula is C15H21ClN2O. The maximum atomic E-state index is 12.6. The zero-order valence-electron chi connectivity index (χ0n) is 11.7. The van der Waals surface area contributed by atoms with E-state index in [9.17, 15) is 4.79 Å². The fourth-order valence-electron chi connectivity index (χ4n) is 2.41. The first-order chi connectivity index (χ1) is 8.99. The van der Waals surface area contributed by atoms with Crippen LogP contribution in [0.5, 0.6) is 0 Å². The molecule has 0 bridgehead atoms. The van der Waals surface area contributed by atoms with E-state index < -0.39 is 0 Å². The lowest BCUT2D eigenvalue weighted by molar-refractivity contribution is 0.0579. The van der Waals surface area contributed by atoms with Crippen molar-refractivity contribution in [3.05, 3.63) is 34.9 Å². The van der Waals surface area contributed by atoms with Crippen LogP contribution in [0.1, 0.15) is 31.1 Å². The lowest BCUT2D eigenvalue weighted by atomic mass is 9.99. The zero-order chi connectivity index (χ0) is 14.0. The second kappa shape index (κ2) is 5.93. The molecule has 0 aromatic heterocycles. The van der Waals surface area contributed by atoms with Crippen LogP contribution in [0, 0.1) is 5.92 Å². The first-order valence-electron chi connectivity index (χ1n) is 6.79. The molecule has 104 valence electrons. The summed E-state index contributed by atoms with van der Waals surface area (Å²) in [5.41, 5.74) is 0.670. The van der Waals surface area contributed by atoms with Crippen LogP contribution in [-0.4, -0.2) is 36.0 Å². The van der Waals surface area contributed by atoms with Crippen molar-refractivity contribution in [1.82, 2.24) is 10.2 Å². The summed E-state index contributed by atoms with van der Waals surface area (Å²) in [5.74, 6) is 0.587. The van der Waals surface area contributed by atoms with Gasteiger partial charge < -0.3 is 10.2 Å². The third-order valence-electron chi connectivity index (χ3n) is 3.74. The Labute approximate surface area is 119 Å². The van der Waals surface area contributed by atoms with Gasteiger partial charge in [-0.25, -0.2) is 0 Å². The van der Waals surface area contributed by atoms with Gasteiger partial charge >= 0.3 is 0 Å². The molecule has 1 aliphatic rings. The van der Waals surface area contributed by atoms with E-state index in [2.05, 4.69) is 26.1 Å². The van der Waals surface area contributed by atoms with Crippen molar-refractivity contribution in [3.8, 4) is 0 Å². The van der Waals surface area contributed by atoms with Crippen LogP contribution < -0.4 is 5.32 Å². The minimum absolute atomic E-state index is 0.0714. The Kier molecular flexibility index (Phi) is 4.48. The molecular weight excluding hydrogens is 260 g/mol. The number of piperazine rings is 1. The molecule has 2 unspecified atom stereocenters. The van der Waals surface area contributed by atoms with Gasteiger partial charge in [-0.1, -0.05) is 31.5 Å². The SMILES string of the molecule is CC(C)C1CN(C(=O)c2cccc(Cl)c2)C(C)CN1. The van der Waals surface area contributed by atoms with Gasteiger partial charge in [0.25, 0.3) is 5.91 Å². The number of rotatable bonds is 2. The number of benzene rings is 1. The molecule has 0 spiro atoms. The van der Waals surface area contributed by atoms with Gasteiger partial charge in [0.1, 0.15) is 0 Å². The van der Waals surface area contributed by atoms with Crippen LogP contribution in [0.25, 0.3) is 0 Å². The van der Waals surface area contributed by atoms with E-state index in [1.807, 2.05) is 17.0 Å². The smallest absolute Gasteiger partial charge is 0.254 e. The lowest BCUT2D eigenvalue weighted by Gasteiger charge is -2.40. The number of amides is 1. The maximum absolute atomic E-state index is 12.6. The highest BCUT2D eigenvalue weighted by molar-refractivity contribution is 6.30. The fourth-order valence-corrected chi connectivity index (χ4v) is 2.60. The van der Waals surface area contributed by atoms with Crippen LogP contribution >= 0.6 is 11.6 Å². The van der Waals surface area contributed by atoms with Crippen molar-refractivity contribution in [2.75, 3.05) is 13.1 Å². The first-order valence-corrected chi connectivity index (χ1v) is 7.16. The highest BCUT2D eigenvalue weighted by Crippen LogP contribution is 2.18. The van der Waals surface area contributed by atoms with E-state index in [0.717, 1.165) is 13.1 Å². The molecule has 2 rings (SSSR count). The Morgan fingerprint density at radius 2 is 2.21 bits per heavy atom. The summed E-state index contributed by atoms with van der Waals surface area (Å²) in [5, 5.41) is 4.10. The van der Waals surface area contributed by atoms with Gasteiger partial charge in [0.2, 0.25) is 0 Å². The van der Waals surface area contributed by atoms with Gasteiger partial charge in [-0.2, -0.15) is 0 Å². The van der Waals surface area contributed by atoms with Crippen molar-refractivity contribution < 1.29 is 4.79 Å². The minimum Gasteiger partial charge on any atom is -0.333 e. The normalized spacial score (nSPS) is 23.7. The number of hydrogen-bond donors (Lipinski definition) is 1. The van der Waals surface area contributed by atoms with Crippen molar-refractivity contribution >= 4 is 17.5 Å². The summed E-state index contributed by atoms with van der Waals surface area (Å²) < 4.78 is 0. The molecule has 4 heteroatoms. The number of nitrogens with zero attached hydrogens (tertiary/aromatic N) is 1. The standard InChI is InChI=1S/C15H21ClN2O/c1-10(2)14-9-18(11(3)8-17-14)15(19)12-5-4-6-13(16)7-12/h4-7,10-11,14,17H,8-9H2,1-3H3. The average Bonchev–Trinajstić information content (AvgIpc) is 2.38. The predicted octanol–water partition coefficient (Wildman–Crippen LogP) is 2.80. The van der Waals surface area contributed by atoms with Crippen molar-refractivity contribution in [2.24, 2.45) is 5.92 Å². The Balaban J connectivity index is 2.17. The van der Waals surface area contributed by atoms with Gasteiger partial charge in [-0.3, -0.25) is 4.79 Å². The summed E-state index contributed by atoms with van der Waals surface area (Å²) >= 11 is 5.96. The number of hydrogen-bond acceptors (Lipinski definition) is 2. The van der Waals surface area contributed by atoms with Gasteiger partial charge in [-0.05, 0) is 31.0 Å². The Morgan fingerprint density at radius 3 is 2.84 bits per heavy atom. The van der Waals surface area contributed by atoms with Crippen molar-refractivity contribution in [1.29, 1.82) is 0 Å². The monoisotopic (exact) mass is 280 g/mol. The number of carbonyl (C=O) groups is 1. The second-order valence-corrected chi connectivity index (χ2v) is 6.01. The molecule has 0 saturated carbocycles. The number of halogens is 1. The quantitative estimate of drug-likeness (QED) is 0.903. The topological polar surface area (TPSA) is 32.3 Å². The summed E-state index contributed by atoms with van der Waals surface area (Å²) in [6, 6.07) is 7.75. The third-order valence-corrected chi connectivity index (χ3v) is 3.97. The molecule has 1 heterocycles. The fraction of sp³-hybridized carbons (Fsp3) is 0.533. The molecule has 2 atom stereocenters. The van der Waals surface area contributed by atoms with Crippen molar-refractivity contribution in [3.63, 3.8) is 0 Å². The summed E-state index contributed by atoms with van der Waals surface area (Å²) in [7, 11) is 0. The van der Waals surface area contributed by atoms with Gasteiger partial charge in [0, 0.05) is 35.8 Å². The molecule has 1 fully saturated rings. The van der Waals surface area contributed by atoms with Gasteiger partial charge in [-0.15, -0.1) is 0 Å². The summed E-state index contributed by atoms with van der Waals surface area (Å²) in [6.07, 6.45) is 0. The van der Waals surface area contributed by atoms with Crippen LogP contribution in [0.4, 0.5) is 0 Å². The molecule has 1 aromatic rings. The Morgan fingerprint density at radius 1 is 1.47 bits per heavy atom. The largest absolute Gasteiger partial charge is 0.333 e. The van der Waals surface area contributed by atoms with Gasteiger partial charge in [0.15, 0.2) is 0 Å². The molecule has 1 amide bonds. The Hall–Kier alpha value is -1.06. The molecule has 0 radical (unpaired) electrons. The predicted molar refractivity (Wildman–Crippen MR) is 78.6 cm³/mol. The van der Waals surface area contributed by atoms with Crippen LogP contribution in [0.3, 0.4) is 0 Å². The van der Waals surface area contributed by atoms with E-state index >= 15 is 0 Å². The number of nitrogens with one attached hydrogen (secondary N) is 1. The maximum Gasteiger partial charge on any atom is 0.254 e. The van der Waals surface area contributed by atoms with Crippen LogP contribution in [0.15, 0.2) is 24.3 Å². The van der Waals surface area contributed by atoms with Crippen molar-refractivity contribution in [2.45, 2.75) is 32.9 Å². The van der Waals surface area contributed by atoms with Gasteiger partial charge in [0.05, 0.1) is 0 Å². The molecule has 19 heavy (non-hydrogen) atoms. The zero-order valence-corrected chi connectivity index (χ0v) is 12.4. The van der Waals surface area contributed by atoms with E-state index in [-0.39, 0.29) is 11.9 Å². The Bertz CT molecular complexity index is 461. The van der Waals surface area contributed by atoms with Crippen LogP contribution in [0.2, 0.25) is 5.02 Å². The van der Waals surface area contributed by atoms with E-state index in [4.69, 9.17) is 11.6 Å². The lowest BCUT2D eigenvalue weighted by Crippen LogP contribution is -2.58. The molecule has 0 aliphatic carbocycles. The summed E-state index contributed by atoms with van der Waals surface area (Å²) in [4.78, 5) is 14.5. The van der Waals surface area contributed by atoms with E-state index in [1.165, 1.54) is 0 Å². The summed E-state index contributed by atoms with van der Waals surface area (Å²) in [6.45, 7) is 8.02. The highest BCUT2D eigenvalue weighted by atomic mass is 35.5. The minimum atomic E-state index is 0.0714. The second-order valence-electron chi connectivity index (χ2n) is 5.58. The molecule has 1 saturated heterocycles.